The molecule has 5 fully saturated rings. The van der Waals surface area contributed by atoms with E-state index >= 15 is 0 Å². The Labute approximate surface area is 621 Å². The number of piperazine rings is 1. The van der Waals surface area contributed by atoms with E-state index in [1.807, 2.05) is 7.05 Å². The molecule has 0 atom stereocenters. The third kappa shape index (κ3) is 26.5. The Morgan fingerprint density at radius 3 is 1.02 bits per heavy atom. The van der Waals surface area contributed by atoms with Crippen molar-refractivity contribution in [3.8, 4) is 34.5 Å². The van der Waals surface area contributed by atoms with Gasteiger partial charge in [-0.05, 0) is 176 Å². The van der Waals surface area contributed by atoms with Crippen LogP contribution in [-0.2, 0) is 4.74 Å². The molecule has 0 N–H and O–H groups in total. The fourth-order valence-electron chi connectivity index (χ4n) is 11.1. The van der Waals surface area contributed by atoms with Crippen LogP contribution in [0.2, 0.25) is 0 Å². The Kier molecular flexibility index (Phi) is 33.2. The zero-order chi connectivity index (χ0) is 77.7. The van der Waals surface area contributed by atoms with E-state index in [9.17, 15) is 84.7 Å². The highest BCUT2D eigenvalue weighted by Crippen LogP contribution is 2.33. The van der Waals surface area contributed by atoms with Crippen molar-refractivity contribution in [3.63, 3.8) is 0 Å². The van der Waals surface area contributed by atoms with Crippen molar-refractivity contribution < 1.29 is 86.7 Å². The normalized spacial score (nSPS) is 14.9. The molecule has 5 heterocycles. The number of non-ortho nitro benzene ring substituents is 5. The summed E-state index contributed by atoms with van der Waals surface area (Å²) < 4.78 is 37.0. The van der Waals surface area contributed by atoms with Gasteiger partial charge in [0.15, 0.2) is 0 Å². The molecule has 6 aromatic rings. The van der Waals surface area contributed by atoms with Crippen LogP contribution in [0, 0.1) is 88.4 Å². The Morgan fingerprint density at radius 1 is 0.370 bits per heavy atom. The van der Waals surface area contributed by atoms with Gasteiger partial charge in [0.05, 0.1) is 54.4 Å². The van der Waals surface area contributed by atoms with E-state index in [0.717, 1.165) is 89.4 Å². The molecule has 36 nitrogen and oxygen atoms in total. The molecule has 580 valence electrons. The maximum Gasteiger partial charge on any atom is 0.415 e. The van der Waals surface area contributed by atoms with Crippen LogP contribution in [0.4, 0.5) is 53.3 Å². The molecule has 5 aliphatic rings. The first kappa shape index (κ1) is 84.9. The molecule has 5 saturated heterocycles. The molecule has 0 radical (unpaired) electrons. The third-order valence-corrected chi connectivity index (χ3v) is 17.3. The van der Waals surface area contributed by atoms with Gasteiger partial charge in [-0.1, -0.05) is 13.8 Å². The van der Waals surface area contributed by atoms with Gasteiger partial charge < -0.3 is 57.7 Å². The van der Waals surface area contributed by atoms with Crippen molar-refractivity contribution in [2.45, 2.75) is 92.9 Å². The number of esters is 1. The van der Waals surface area contributed by atoms with Gasteiger partial charge in [0.2, 0.25) is 5.75 Å². The zero-order valence-corrected chi connectivity index (χ0v) is 59.8. The van der Waals surface area contributed by atoms with Crippen molar-refractivity contribution in [2.75, 3.05) is 112 Å². The van der Waals surface area contributed by atoms with Gasteiger partial charge in [0.1, 0.15) is 35.4 Å². The SMILES string of the molecule is C.Cc1cc([N+](=O)[O-])ccc1OC(=O)N1CCCCC1.Cc1cc([N+](=O)[O-])ccc1OC(=O)N1CCCCC1.Cc1cc([N+](=O)[O-])ccc1OC(=O)N1CCN(C)CC1.Cc1cc([N+](=O)[O-])ccc1OC(=O)N1CCOCC1.O=C(Oc1ccc([N+](=O)[O-])cc1[N+](=O)[O-])c1ccc(OCCN2CCCCC2)cc1. The smallest absolute Gasteiger partial charge is 0.415 e. The number of rotatable bonds is 16. The number of benzene rings is 6. The lowest BCUT2D eigenvalue weighted by atomic mass is 10.1. The van der Waals surface area contributed by atoms with Crippen LogP contribution in [0.15, 0.2) is 115 Å². The highest BCUT2D eigenvalue weighted by atomic mass is 16.7. The van der Waals surface area contributed by atoms with E-state index in [1.54, 1.807) is 59.4 Å². The number of piperidine rings is 3. The number of carbonyl (C=O) groups is 5. The predicted octanol–water partition coefficient (Wildman–Crippen LogP) is 13.4. The molecular formula is C72H88N12O24. The average molecular weight is 1510 g/mol. The summed E-state index contributed by atoms with van der Waals surface area (Å²) in [5.41, 5.74) is 1.29. The number of nitro benzene ring substituents is 6. The monoisotopic (exact) mass is 1500 g/mol. The molecular weight excluding hydrogens is 1420 g/mol. The second-order valence-electron chi connectivity index (χ2n) is 25.1. The minimum atomic E-state index is -0.838. The van der Waals surface area contributed by atoms with Crippen LogP contribution in [-0.4, -0.2) is 201 Å². The lowest BCUT2D eigenvalue weighted by Gasteiger charge is -2.31. The van der Waals surface area contributed by atoms with Crippen LogP contribution < -0.4 is 28.4 Å². The average Bonchev–Trinajstić information content (AvgIpc) is 0.820. The highest BCUT2D eigenvalue weighted by Gasteiger charge is 2.27. The van der Waals surface area contributed by atoms with Crippen molar-refractivity contribution in [1.29, 1.82) is 0 Å². The van der Waals surface area contributed by atoms with Gasteiger partial charge in [0, 0.05) is 127 Å². The molecule has 4 amide bonds. The second-order valence-corrected chi connectivity index (χ2v) is 25.1. The number of ether oxygens (including phenoxy) is 7. The fraction of sp³-hybridized carbons (Fsp3) is 0.431. The molecule has 5 aliphatic heterocycles. The first-order valence-electron chi connectivity index (χ1n) is 34.4. The zero-order valence-electron chi connectivity index (χ0n) is 59.8. The molecule has 36 heteroatoms. The molecule has 108 heavy (non-hydrogen) atoms. The number of amides is 4. The van der Waals surface area contributed by atoms with Gasteiger partial charge in [-0.25, -0.2) is 24.0 Å². The van der Waals surface area contributed by atoms with E-state index < -0.39 is 59.1 Å². The third-order valence-electron chi connectivity index (χ3n) is 17.3. The number of hydrogen-bond acceptors (Lipinski definition) is 26. The number of aryl methyl sites for hydroxylation is 4. The summed E-state index contributed by atoms with van der Waals surface area (Å²) in [4.78, 5) is 132. The summed E-state index contributed by atoms with van der Waals surface area (Å²) in [6.07, 6.45) is 8.33. The molecule has 11 rings (SSSR count). The predicted molar refractivity (Wildman–Crippen MR) is 391 cm³/mol. The number of likely N-dealkylation sites (tertiary alicyclic amines) is 3. The number of hydrogen-bond donors (Lipinski definition) is 0. The molecule has 0 bridgehead atoms. The van der Waals surface area contributed by atoms with Gasteiger partial charge >= 0.3 is 36.0 Å². The topological polar surface area (TPSA) is 428 Å². The maximum absolute atomic E-state index is 12.3. The van der Waals surface area contributed by atoms with Crippen LogP contribution in [0.5, 0.6) is 34.5 Å². The van der Waals surface area contributed by atoms with E-state index in [4.69, 9.17) is 33.2 Å². The minimum Gasteiger partial charge on any atom is -0.492 e. The van der Waals surface area contributed by atoms with Crippen molar-refractivity contribution in [1.82, 2.24) is 29.4 Å². The number of nitrogens with zero attached hydrogens (tertiary/aromatic N) is 12. The van der Waals surface area contributed by atoms with Crippen molar-refractivity contribution >= 4 is 64.5 Å². The first-order valence-corrected chi connectivity index (χ1v) is 34.4. The fourth-order valence-corrected chi connectivity index (χ4v) is 11.1. The number of nitro groups is 6. The second kappa shape index (κ2) is 42.2. The molecule has 0 aliphatic carbocycles. The lowest BCUT2D eigenvalue weighted by molar-refractivity contribution is -0.394. The van der Waals surface area contributed by atoms with Gasteiger partial charge in [-0.3, -0.25) is 65.6 Å². The Hall–Kier alpha value is -12.1. The summed E-state index contributed by atoms with van der Waals surface area (Å²) in [7, 11) is 2.00. The van der Waals surface area contributed by atoms with Crippen LogP contribution >= 0.6 is 0 Å². The number of likely N-dealkylation sites (N-methyl/N-ethyl adjacent to an activating group) is 1. The van der Waals surface area contributed by atoms with Crippen LogP contribution in [0.3, 0.4) is 0 Å². The van der Waals surface area contributed by atoms with Crippen molar-refractivity contribution in [2.24, 2.45) is 0 Å². The van der Waals surface area contributed by atoms with E-state index in [-0.39, 0.29) is 53.7 Å². The van der Waals surface area contributed by atoms with E-state index in [0.29, 0.717) is 123 Å². The van der Waals surface area contributed by atoms with Crippen LogP contribution in [0.1, 0.15) is 97.8 Å². The lowest BCUT2D eigenvalue weighted by Crippen LogP contribution is -2.48. The Morgan fingerprint density at radius 2 is 0.685 bits per heavy atom. The first-order chi connectivity index (χ1) is 51.1. The summed E-state index contributed by atoms with van der Waals surface area (Å²) >= 11 is 0. The summed E-state index contributed by atoms with van der Waals surface area (Å²) in [6, 6.07) is 25.8. The minimum absolute atomic E-state index is 0. The van der Waals surface area contributed by atoms with Gasteiger partial charge in [-0.2, -0.15) is 0 Å². The Balaban J connectivity index is 0.000000214. The molecule has 6 aromatic carbocycles. The summed E-state index contributed by atoms with van der Waals surface area (Å²) in [6.45, 7) is 18.0. The largest absolute Gasteiger partial charge is 0.492 e. The maximum atomic E-state index is 12.3. The van der Waals surface area contributed by atoms with Gasteiger partial charge in [0.25, 0.3) is 28.4 Å². The van der Waals surface area contributed by atoms with Crippen LogP contribution in [0.25, 0.3) is 0 Å². The summed E-state index contributed by atoms with van der Waals surface area (Å²) in [5.74, 6) is 0.873. The summed E-state index contributed by atoms with van der Waals surface area (Å²) in [5, 5.41) is 64.4. The molecule has 0 saturated carbocycles. The van der Waals surface area contributed by atoms with E-state index in [2.05, 4.69) is 9.80 Å². The molecule has 0 unspecified atom stereocenters. The molecule has 0 spiro atoms. The van der Waals surface area contributed by atoms with Gasteiger partial charge in [-0.15, -0.1) is 0 Å². The number of morpholine rings is 1. The standard InChI is InChI=1S/C20H21N3O7.C13H17N3O4.2C13H16N2O4.C12H14N2O5.CH4/c24-20(30-19-9-6-16(22(25)26)14-18(19)23(27)28)15-4-7-17(8-5-15)29-13-12-21-10-2-1-3-11-21;1-10-9-11(16(18)19)3-4-12(10)20-13(17)15-7-5-14(2)6-8-15;2*1-10-9-11(15(17)18)5-6-12(10)19-13(16)14-7-3-2-4-8-14;1-9-8-10(14(16)17)2-3-11(9)19-12(15)13-4-6-18-7-5-13;/h4-9,14H,1-3,10-13H2;3-4,9H,5-8H2,1-2H3;2*5-6,9H,2-4,7-8H2,1H3;2-3,8H,4-7H2,1H3;1H4. The number of carbonyl (C=O) groups excluding carboxylic acids is 5. The van der Waals surface area contributed by atoms with Crippen molar-refractivity contribution in [3.05, 3.63) is 204 Å². The van der Waals surface area contributed by atoms with E-state index in [1.165, 1.54) is 104 Å². The molecule has 0 aromatic heterocycles. The Bertz CT molecular complexity index is 3920. The highest BCUT2D eigenvalue weighted by molar-refractivity contribution is 5.91. The quantitative estimate of drug-likeness (QED) is 0.0376.